The van der Waals surface area contributed by atoms with E-state index in [2.05, 4.69) is 50.0 Å². The number of aromatic amines is 1. The first-order valence-corrected chi connectivity index (χ1v) is 10.5. The molecule has 162 valence electrons. The summed E-state index contributed by atoms with van der Waals surface area (Å²) in [7, 11) is 1.74. The molecule has 0 aliphatic carbocycles. The number of nitrogens with one attached hydrogen (secondary N) is 3. The summed E-state index contributed by atoms with van der Waals surface area (Å²) in [4.78, 5) is 24.7. The molecule has 3 aromatic rings. The summed E-state index contributed by atoms with van der Waals surface area (Å²) in [5, 5.41) is 8.76. The number of aryl methyl sites for hydroxylation is 1. The zero-order valence-corrected chi connectivity index (χ0v) is 20.8. The summed E-state index contributed by atoms with van der Waals surface area (Å²) in [5.74, 6) is 0.380. The number of thiazole rings is 1. The van der Waals surface area contributed by atoms with E-state index in [1.54, 1.807) is 14.0 Å². The Morgan fingerprint density at radius 1 is 1.37 bits per heavy atom. The Morgan fingerprint density at radius 2 is 2.13 bits per heavy atom. The number of carbonyl (C=O) groups excluding carboxylic acids is 1. The van der Waals surface area contributed by atoms with Gasteiger partial charge in [-0.05, 0) is 38.8 Å². The second kappa shape index (κ2) is 11.3. The second-order valence-corrected chi connectivity index (χ2v) is 7.69. The van der Waals surface area contributed by atoms with Crippen LogP contribution < -0.4 is 10.6 Å². The van der Waals surface area contributed by atoms with Crippen molar-refractivity contribution < 1.29 is 9.53 Å². The van der Waals surface area contributed by atoms with Crippen molar-refractivity contribution in [2.24, 2.45) is 4.99 Å². The highest BCUT2D eigenvalue weighted by atomic mass is 127. The molecule has 1 unspecified atom stereocenters. The van der Waals surface area contributed by atoms with Crippen molar-refractivity contribution in [2.45, 2.75) is 33.2 Å². The lowest BCUT2D eigenvalue weighted by molar-refractivity contribution is 0.0531. The molecule has 7 nitrogen and oxygen atoms in total. The van der Waals surface area contributed by atoms with Crippen LogP contribution in [0.5, 0.6) is 0 Å². The third kappa shape index (κ3) is 5.72. The Kier molecular flexibility index (Phi) is 9.09. The summed E-state index contributed by atoms with van der Waals surface area (Å²) < 4.78 is 5.10. The number of carbonyl (C=O) groups is 1. The van der Waals surface area contributed by atoms with Gasteiger partial charge in [-0.2, -0.15) is 0 Å². The molecule has 2 heterocycles. The number of hydrogen-bond acceptors (Lipinski definition) is 5. The summed E-state index contributed by atoms with van der Waals surface area (Å²) in [6, 6.07) is 8.20. The van der Waals surface area contributed by atoms with Gasteiger partial charge in [0.1, 0.15) is 9.88 Å². The van der Waals surface area contributed by atoms with Crippen LogP contribution in [0.4, 0.5) is 0 Å². The van der Waals surface area contributed by atoms with E-state index in [9.17, 15) is 4.79 Å². The third-order valence-electron chi connectivity index (χ3n) is 4.58. The Labute approximate surface area is 197 Å². The first-order chi connectivity index (χ1) is 14.0. The van der Waals surface area contributed by atoms with Crippen LogP contribution in [0.3, 0.4) is 0 Å². The Bertz CT molecular complexity index is 1010. The summed E-state index contributed by atoms with van der Waals surface area (Å²) in [6.45, 7) is 6.73. The van der Waals surface area contributed by atoms with Crippen LogP contribution in [0.25, 0.3) is 10.9 Å². The van der Waals surface area contributed by atoms with E-state index in [4.69, 9.17) is 4.74 Å². The van der Waals surface area contributed by atoms with Crippen molar-refractivity contribution in [1.29, 1.82) is 0 Å². The molecule has 9 heteroatoms. The van der Waals surface area contributed by atoms with Crippen molar-refractivity contribution in [2.75, 3.05) is 20.2 Å². The minimum atomic E-state index is -0.317. The molecule has 1 aromatic carbocycles. The van der Waals surface area contributed by atoms with Crippen molar-refractivity contribution in [3.8, 4) is 0 Å². The molecule has 3 N–H and O–H groups in total. The average Bonchev–Trinajstić information content (AvgIpc) is 3.31. The molecule has 0 radical (unpaired) electrons. The van der Waals surface area contributed by atoms with Crippen LogP contribution in [0.15, 0.2) is 35.5 Å². The van der Waals surface area contributed by atoms with Crippen LogP contribution in [0.2, 0.25) is 0 Å². The van der Waals surface area contributed by atoms with E-state index < -0.39 is 0 Å². The van der Waals surface area contributed by atoms with Gasteiger partial charge in [0, 0.05) is 30.7 Å². The third-order valence-corrected chi connectivity index (χ3v) is 5.90. The quantitative estimate of drug-likeness (QED) is 0.181. The minimum absolute atomic E-state index is 0. The summed E-state index contributed by atoms with van der Waals surface area (Å²) in [5.41, 5.74) is 3.11. The summed E-state index contributed by atoms with van der Waals surface area (Å²) in [6.07, 6.45) is 2.93. The predicted octanol–water partition coefficient (Wildman–Crippen LogP) is 4.20. The van der Waals surface area contributed by atoms with Gasteiger partial charge in [-0.15, -0.1) is 35.3 Å². The monoisotopic (exact) mass is 541 g/mol. The maximum atomic E-state index is 12.0. The van der Waals surface area contributed by atoms with Crippen LogP contribution in [-0.2, 0) is 11.2 Å². The molecule has 2 aromatic heterocycles. The predicted molar refractivity (Wildman–Crippen MR) is 133 cm³/mol. The topological polar surface area (TPSA) is 91.4 Å². The number of esters is 1. The lowest BCUT2D eigenvalue weighted by atomic mass is 10.1. The maximum Gasteiger partial charge on any atom is 0.350 e. The fraction of sp³-hybridized carbons (Fsp3) is 0.381. The second-order valence-electron chi connectivity index (χ2n) is 6.66. The SMILES string of the molecule is CCOC(=O)c1sc(C(C)NC(=NC)NCCc2c[nH]c3ccccc23)nc1C.I. The molecule has 0 bridgehead atoms. The first kappa shape index (κ1) is 24.1. The van der Waals surface area contributed by atoms with E-state index >= 15 is 0 Å². The van der Waals surface area contributed by atoms with Crippen LogP contribution in [0, 0.1) is 6.92 Å². The number of aromatic nitrogens is 2. The van der Waals surface area contributed by atoms with Gasteiger partial charge in [0.2, 0.25) is 0 Å². The van der Waals surface area contributed by atoms with E-state index in [1.807, 2.05) is 19.9 Å². The fourth-order valence-corrected chi connectivity index (χ4v) is 4.07. The van der Waals surface area contributed by atoms with Gasteiger partial charge in [-0.25, -0.2) is 9.78 Å². The van der Waals surface area contributed by atoms with Crippen molar-refractivity contribution in [3.05, 3.63) is 51.6 Å². The van der Waals surface area contributed by atoms with E-state index in [0.717, 1.165) is 23.5 Å². The largest absolute Gasteiger partial charge is 0.462 e. The number of H-pyrrole nitrogens is 1. The lowest BCUT2D eigenvalue weighted by Crippen LogP contribution is -2.39. The van der Waals surface area contributed by atoms with E-state index in [0.29, 0.717) is 23.1 Å². The standard InChI is InChI=1S/C21H27N5O2S.HI/c1-5-28-20(27)18-13(2)25-19(29-18)14(3)26-21(22-4)23-11-10-15-12-24-17-9-7-6-8-16(15)17;/h6-9,12,14,24H,5,10-11H2,1-4H3,(H2,22,23,26);1H. The number of hydrogen-bond donors (Lipinski definition) is 3. The van der Waals surface area contributed by atoms with Gasteiger partial charge in [0.25, 0.3) is 0 Å². The number of fused-ring (bicyclic) bond motifs is 1. The molecular formula is C21H28IN5O2S. The molecular weight excluding hydrogens is 513 g/mol. The zero-order valence-electron chi connectivity index (χ0n) is 17.6. The van der Waals surface area contributed by atoms with Crippen LogP contribution in [-0.4, -0.2) is 42.1 Å². The first-order valence-electron chi connectivity index (χ1n) is 9.70. The highest BCUT2D eigenvalue weighted by molar-refractivity contribution is 14.0. The van der Waals surface area contributed by atoms with Gasteiger partial charge < -0.3 is 20.4 Å². The van der Waals surface area contributed by atoms with Crippen molar-refractivity contribution in [3.63, 3.8) is 0 Å². The number of benzene rings is 1. The minimum Gasteiger partial charge on any atom is -0.462 e. The number of halogens is 1. The normalized spacial score (nSPS) is 12.3. The molecule has 0 saturated carbocycles. The number of nitrogens with zero attached hydrogens (tertiary/aromatic N) is 2. The van der Waals surface area contributed by atoms with Crippen LogP contribution >= 0.6 is 35.3 Å². The van der Waals surface area contributed by atoms with E-state index in [1.165, 1.54) is 22.3 Å². The molecule has 0 aliphatic rings. The lowest BCUT2D eigenvalue weighted by Gasteiger charge is -2.16. The fourth-order valence-electron chi connectivity index (χ4n) is 3.10. The summed E-state index contributed by atoms with van der Waals surface area (Å²) >= 11 is 1.36. The van der Waals surface area contributed by atoms with Gasteiger partial charge >= 0.3 is 5.97 Å². The molecule has 0 aliphatic heterocycles. The zero-order chi connectivity index (χ0) is 20.8. The average molecular weight is 541 g/mol. The van der Waals surface area contributed by atoms with Crippen molar-refractivity contribution >= 4 is 58.1 Å². The Hall–Kier alpha value is -2.14. The molecule has 0 saturated heterocycles. The molecule has 0 amide bonds. The number of rotatable bonds is 7. The van der Waals surface area contributed by atoms with Gasteiger partial charge in [-0.3, -0.25) is 4.99 Å². The Morgan fingerprint density at radius 3 is 2.87 bits per heavy atom. The van der Waals surface area contributed by atoms with Gasteiger partial charge in [0.05, 0.1) is 18.3 Å². The Balaban J connectivity index is 0.00000320. The van der Waals surface area contributed by atoms with Gasteiger partial charge in [0.15, 0.2) is 5.96 Å². The smallest absolute Gasteiger partial charge is 0.350 e. The number of guanidine groups is 1. The molecule has 0 fully saturated rings. The number of ether oxygens (including phenoxy) is 1. The molecule has 3 rings (SSSR count). The molecule has 1 atom stereocenters. The molecule has 0 spiro atoms. The van der Waals surface area contributed by atoms with Crippen molar-refractivity contribution in [1.82, 2.24) is 20.6 Å². The highest BCUT2D eigenvalue weighted by Gasteiger charge is 2.20. The van der Waals surface area contributed by atoms with E-state index in [-0.39, 0.29) is 36.0 Å². The van der Waals surface area contributed by atoms with Crippen LogP contribution in [0.1, 0.15) is 45.8 Å². The van der Waals surface area contributed by atoms with Gasteiger partial charge in [-0.1, -0.05) is 18.2 Å². The maximum absolute atomic E-state index is 12.0. The number of aliphatic imine (C=N–C) groups is 1. The number of para-hydroxylation sites is 1. The highest BCUT2D eigenvalue weighted by Crippen LogP contribution is 2.24. The molecule has 30 heavy (non-hydrogen) atoms.